The van der Waals surface area contributed by atoms with Crippen LogP contribution in [-0.4, -0.2) is 30.9 Å². The number of hydrogen-bond donors (Lipinski definition) is 0. The molecule has 102 valence electrons. The number of ether oxygens (including phenoxy) is 2. The molecule has 1 fully saturated rings. The van der Waals surface area contributed by atoms with Gasteiger partial charge in [0.15, 0.2) is 0 Å². The van der Waals surface area contributed by atoms with Crippen molar-refractivity contribution in [2.75, 3.05) is 14.2 Å². The molecule has 0 N–H and O–H groups in total. The Labute approximate surface area is 112 Å². The molecule has 19 heavy (non-hydrogen) atoms. The summed E-state index contributed by atoms with van der Waals surface area (Å²) in [6, 6.07) is 5.35. The van der Waals surface area contributed by atoms with Gasteiger partial charge in [-0.25, -0.2) is 0 Å². The number of benzene rings is 1. The van der Waals surface area contributed by atoms with Crippen molar-refractivity contribution in [3.05, 3.63) is 23.8 Å². The second kappa shape index (κ2) is 5.73. The molecule has 0 atom stereocenters. The molecule has 2 rings (SSSR count). The summed E-state index contributed by atoms with van der Waals surface area (Å²) in [6.07, 6.45) is 1.52. The predicted molar refractivity (Wildman–Crippen MR) is 69.0 cm³/mol. The zero-order chi connectivity index (χ0) is 13.8. The molecule has 0 spiro atoms. The van der Waals surface area contributed by atoms with E-state index in [4.69, 9.17) is 9.47 Å². The van der Waals surface area contributed by atoms with Gasteiger partial charge in [0, 0.05) is 24.5 Å². The lowest BCUT2D eigenvalue weighted by atomic mass is 10.1. The van der Waals surface area contributed by atoms with Crippen LogP contribution in [0.1, 0.15) is 24.8 Å². The maximum Gasteiger partial charge on any atom is 0.229 e. The number of hydrogen-bond acceptors (Lipinski definition) is 4. The first-order valence-electron chi connectivity index (χ1n) is 6.20. The summed E-state index contributed by atoms with van der Waals surface area (Å²) in [5.41, 5.74) is 0.798. The quantitative estimate of drug-likeness (QED) is 0.776. The third kappa shape index (κ3) is 2.86. The Morgan fingerprint density at radius 2 is 1.79 bits per heavy atom. The summed E-state index contributed by atoms with van der Waals surface area (Å²) in [5, 5.41) is 0. The van der Waals surface area contributed by atoms with Gasteiger partial charge in [-0.05, 0) is 18.6 Å². The van der Waals surface area contributed by atoms with Gasteiger partial charge >= 0.3 is 0 Å². The highest BCUT2D eigenvalue weighted by Gasteiger charge is 2.26. The molecular weight excluding hydrogens is 246 g/mol. The highest BCUT2D eigenvalue weighted by atomic mass is 16.5. The molecule has 0 aromatic heterocycles. The second-order valence-corrected chi connectivity index (χ2v) is 4.40. The van der Waals surface area contributed by atoms with E-state index in [1.165, 1.54) is 4.90 Å². The number of amides is 2. The van der Waals surface area contributed by atoms with Gasteiger partial charge in [0.05, 0.1) is 20.8 Å². The smallest absolute Gasteiger partial charge is 0.229 e. The predicted octanol–water partition coefficient (Wildman–Crippen LogP) is 1.74. The SMILES string of the molecule is COc1ccc(CN2C(=O)CCCC2=O)c(OC)c1. The van der Waals surface area contributed by atoms with Gasteiger partial charge in [0.1, 0.15) is 11.5 Å². The number of likely N-dealkylation sites (tertiary alicyclic amines) is 1. The number of piperidine rings is 1. The van der Waals surface area contributed by atoms with E-state index in [0.717, 1.165) is 5.56 Å². The first-order valence-corrected chi connectivity index (χ1v) is 6.20. The minimum absolute atomic E-state index is 0.117. The van der Waals surface area contributed by atoms with E-state index in [9.17, 15) is 9.59 Å². The topological polar surface area (TPSA) is 55.8 Å². The summed E-state index contributed by atoms with van der Waals surface area (Å²) in [4.78, 5) is 24.8. The first-order chi connectivity index (χ1) is 9.15. The fourth-order valence-electron chi connectivity index (χ4n) is 2.13. The normalized spacial score (nSPS) is 15.6. The monoisotopic (exact) mass is 263 g/mol. The van der Waals surface area contributed by atoms with E-state index in [1.54, 1.807) is 26.4 Å². The van der Waals surface area contributed by atoms with Gasteiger partial charge in [-0.2, -0.15) is 0 Å². The van der Waals surface area contributed by atoms with Gasteiger partial charge in [-0.1, -0.05) is 0 Å². The van der Waals surface area contributed by atoms with Crippen LogP contribution in [0.4, 0.5) is 0 Å². The highest BCUT2D eigenvalue weighted by molar-refractivity contribution is 5.97. The molecular formula is C14H17NO4. The largest absolute Gasteiger partial charge is 0.497 e. The third-order valence-corrected chi connectivity index (χ3v) is 3.21. The summed E-state index contributed by atoms with van der Waals surface area (Å²) in [5.74, 6) is 1.06. The van der Waals surface area contributed by atoms with Gasteiger partial charge < -0.3 is 9.47 Å². The fourth-order valence-corrected chi connectivity index (χ4v) is 2.13. The van der Waals surface area contributed by atoms with Crippen molar-refractivity contribution in [1.29, 1.82) is 0 Å². The number of carbonyl (C=O) groups is 2. The molecule has 0 aliphatic carbocycles. The van der Waals surface area contributed by atoms with Crippen molar-refractivity contribution < 1.29 is 19.1 Å². The zero-order valence-electron chi connectivity index (χ0n) is 11.1. The summed E-state index contributed by atoms with van der Waals surface area (Å²) in [6.45, 7) is 0.255. The third-order valence-electron chi connectivity index (χ3n) is 3.21. The zero-order valence-corrected chi connectivity index (χ0v) is 11.1. The lowest BCUT2D eigenvalue weighted by Gasteiger charge is -2.25. The van der Waals surface area contributed by atoms with E-state index in [1.807, 2.05) is 6.07 Å². The molecule has 0 unspecified atom stereocenters. The Kier molecular flexibility index (Phi) is 4.04. The Hall–Kier alpha value is -2.04. The van der Waals surface area contributed by atoms with Crippen molar-refractivity contribution in [1.82, 2.24) is 4.90 Å². The Morgan fingerprint density at radius 1 is 1.11 bits per heavy atom. The Balaban J connectivity index is 2.22. The number of carbonyl (C=O) groups excluding carboxylic acids is 2. The average molecular weight is 263 g/mol. The molecule has 5 heteroatoms. The van der Waals surface area contributed by atoms with Gasteiger partial charge in [-0.15, -0.1) is 0 Å². The molecule has 1 aromatic rings. The maximum absolute atomic E-state index is 11.8. The second-order valence-electron chi connectivity index (χ2n) is 4.40. The van der Waals surface area contributed by atoms with Crippen LogP contribution in [0.25, 0.3) is 0 Å². The summed E-state index contributed by atoms with van der Waals surface area (Å²) >= 11 is 0. The molecule has 1 aromatic carbocycles. The molecule has 2 amide bonds. The number of methoxy groups -OCH3 is 2. The fraction of sp³-hybridized carbons (Fsp3) is 0.429. The van der Waals surface area contributed by atoms with Crippen LogP contribution in [0.5, 0.6) is 11.5 Å². The summed E-state index contributed by atoms with van der Waals surface area (Å²) < 4.78 is 10.4. The van der Waals surface area contributed by atoms with Crippen molar-refractivity contribution in [3.8, 4) is 11.5 Å². The van der Waals surface area contributed by atoms with Gasteiger partial charge in [-0.3, -0.25) is 14.5 Å². The van der Waals surface area contributed by atoms with Crippen LogP contribution in [0.15, 0.2) is 18.2 Å². The Bertz CT molecular complexity index is 482. The molecule has 1 aliphatic rings. The molecule has 0 bridgehead atoms. The van der Waals surface area contributed by atoms with E-state index in [-0.39, 0.29) is 18.4 Å². The molecule has 1 heterocycles. The average Bonchev–Trinajstić information content (AvgIpc) is 2.43. The van der Waals surface area contributed by atoms with E-state index < -0.39 is 0 Å². The lowest BCUT2D eigenvalue weighted by Crippen LogP contribution is -2.39. The summed E-state index contributed by atoms with van der Waals surface area (Å²) in [7, 11) is 3.13. The molecule has 5 nitrogen and oxygen atoms in total. The number of nitrogens with zero attached hydrogens (tertiary/aromatic N) is 1. The van der Waals surface area contributed by atoms with Crippen molar-refractivity contribution in [2.45, 2.75) is 25.8 Å². The lowest BCUT2D eigenvalue weighted by molar-refractivity contribution is -0.148. The van der Waals surface area contributed by atoms with Crippen LogP contribution in [0, 0.1) is 0 Å². The first kappa shape index (κ1) is 13.4. The minimum Gasteiger partial charge on any atom is -0.497 e. The molecule has 1 aliphatic heterocycles. The standard InChI is InChI=1S/C14H17NO4/c1-18-11-7-6-10(12(8-11)19-2)9-15-13(16)4-3-5-14(15)17/h6-8H,3-5,9H2,1-2H3. The van der Waals surface area contributed by atoms with Crippen LogP contribution in [0.2, 0.25) is 0 Å². The van der Waals surface area contributed by atoms with E-state index >= 15 is 0 Å². The van der Waals surface area contributed by atoms with Crippen LogP contribution >= 0.6 is 0 Å². The van der Waals surface area contributed by atoms with E-state index in [0.29, 0.717) is 30.8 Å². The molecule has 0 saturated carbocycles. The van der Waals surface area contributed by atoms with Crippen LogP contribution < -0.4 is 9.47 Å². The van der Waals surface area contributed by atoms with Gasteiger partial charge in [0.25, 0.3) is 0 Å². The van der Waals surface area contributed by atoms with Gasteiger partial charge in [0.2, 0.25) is 11.8 Å². The van der Waals surface area contributed by atoms with Crippen molar-refractivity contribution >= 4 is 11.8 Å². The van der Waals surface area contributed by atoms with Crippen molar-refractivity contribution in [3.63, 3.8) is 0 Å². The van der Waals surface area contributed by atoms with Crippen molar-refractivity contribution in [2.24, 2.45) is 0 Å². The minimum atomic E-state index is -0.117. The number of imide groups is 1. The molecule has 1 saturated heterocycles. The maximum atomic E-state index is 11.8. The molecule has 0 radical (unpaired) electrons. The highest BCUT2D eigenvalue weighted by Crippen LogP contribution is 2.27. The van der Waals surface area contributed by atoms with Crippen LogP contribution in [-0.2, 0) is 16.1 Å². The number of rotatable bonds is 4. The van der Waals surface area contributed by atoms with E-state index in [2.05, 4.69) is 0 Å². The van der Waals surface area contributed by atoms with Crippen LogP contribution in [0.3, 0.4) is 0 Å². The Morgan fingerprint density at radius 3 is 2.37 bits per heavy atom.